The summed E-state index contributed by atoms with van der Waals surface area (Å²) in [6, 6.07) is 13.0. The number of nitrogens with one attached hydrogen (secondary N) is 3. The Hall–Kier alpha value is -4.13. The predicted octanol–water partition coefficient (Wildman–Crippen LogP) is 4.08. The number of nitrogens with zero attached hydrogens (tertiary/aromatic N) is 1. The zero-order valence-corrected chi connectivity index (χ0v) is 27.4. The fourth-order valence-electron chi connectivity index (χ4n) is 5.37. The molecule has 0 aliphatic heterocycles. The number of aromatic nitrogens is 1. The van der Waals surface area contributed by atoms with Crippen LogP contribution in [0.2, 0.25) is 0 Å². The molecular weight excluding hydrogens is 606 g/mol. The van der Waals surface area contributed by atoms with Crippen LogP contribution in [0.5, 0.6) is 0 Å². The zero-order chi connectivity index (χ0) is 34.6. The Labute approximate surface area is 275 Å². The van der Waals surface area contributed by atoms with Crippen molar-refractivity contribution in [1.29, 1.82) is 0 Å². The number of carbonyl (C=O) groups excluding carboxylic acids is 2. The van der Waals surface area contributed by atoms with Gasteiger partial charge in [-0.3, -0.25) is 9.59 Å². The molecule has 47 heavy (non-hydrogen) atoms. The second kappa shape index (κ2) is 17.7. The van der Waals surface area contributed by atoms with Crippen molar-refractivity contribution in [1.82, 2.24) is 20.5 Å². The molecule has 2 amide bonds. The lowest BCUT2D eigenvalue weighted by molar-refractivity contribution is -0.142. The Morgan fingerprint density at radius 2 is 1.70 bits per heavy atom. The van der Waals surface area contributed by atoms with E-state index in [1.807, 2.05) is 47.2 Å². The third-order valence-electron chi connectivity index (χ3n) is 7.90. The van der Waals surface area contributed by atoms with E-state index in [0.29, 0.717) is 38.0 Å². The van der Waals surface area contributed by atoms with E-state index in [1.54, 1.807) is 0 Å². The number of hydrogen-bond donors (Lipinski definition) is 6. The molecule has 10 nitrogen and oxygen atoms in total. The standard InChI is InChI=1S/C35H48F2N6O4/c1-35(2,3)32(40-17-14-28(39)33(45)41-18-15-31(44)42-29(34(46)47)11-7-8-16-38)30-19-24(26-20-25(36)12-13-27(26)37)22-43(30)21-23-9-5-4-6-10-23/h4-6,9-10,12-13,19-20,22,28-29,32,40H,7-8,11,14-18,21,38-39H2,1-3H3,(H,41,45)(H,42,44)(H,46,47)/t28-,29-,32-/m0/s1. The predicted molar refractivity (Wildman–Crippen MR) is 178 cm³/mol. The zero-order valence-electron chi connectivity index (χ0n) is 27.4. The fourth-order valence-corrected chi connectivity index (χ4v) is 5.37. The molecule has 0 fully saturated rings. The minimum absolute atomic E-state index is 0.0119. The van der Waals surface area contributed by atoms with Crippen LogP contribution >= 0.6 is 0 Å². The molecular formula is C35H48F2N6O4. The molecule has 12 heteroatoms. The molecule has 0 unspecified atom stereocenters. The van der Waals surface area contributed by atoms with E-state index >= 15 is 0 Å². The molecule has 256 valence electrons. The van der Waals surface area contributed by atoms with Crippen LogP contribution in [0, 0.1) is 17.0 Å². The van der Waals surface area contributed by atoms with Crippen LogP contribution in [0.4, 0.5) is 8.78 Å². The highest BCUT2D eigenvalue weighted by atomic mass is 19.1. The van der Waals surface area contributed by atoms with E-state index in [1.165, 1.54) is 6.07 Å². The van der Waals surface area contributed by atoms with Crippen LogP contribution in [0.1, 0.15) is 70.2 Å². The quantitative estimate of drug-likeness (QED) is 0.113. The summed E-state index contributed by atoms with van der Waals surface area (Å²) in [6.45, 7) is 7.54. The van der Waals surface area contributed by atoms with Crippen LogP contribution in [0.15, 0.2) is 60.8 Å². The summed E-state index contributed by atoms with van der Waals surface area (Å²) in [5, 5.41) is 18.0. The number of amides is 2. The molecule has 1 aromatic heterocycles. The molecule has 2 aromatic carbocycles. The molecule has 0 bridgehead atoms. The summed E-state index contributed by atoms with van der Waals surface area (Å²) in [4.78, 5) is 36.4. The monoisotopic (exact) mass is 654 g/mol. The van der Waals surface area contributed by atoms with Crippen molar-refractivity contribution in [2.24, 2.45) is 16.9 Å². The highest BCUT2D eigenvalue weighted by molar-refractivity contribution is 5.85. The SMILES string of the molecule is CC(C)(C)[C@@H](NCC[C@H](N)C(=O)NCCC(=O)N[C@@H](CCCCN)C(=O)O)c1cc(-c2cc(F)ccc2F)cn1Cc1ccccc1. The third-order valence-corrected chi connectivity index (χ3v) is 7.90. The normalized spacial score (nSPS) is 13.5. The molecule has 0 spiro atoms. The van der Waals surface area contributed by atoms with E-state index in [4.69, 9.17) is 11.5 Å². The van der Waals surface area contributed by atoms with Gasteiger partial charge in [0.25, 0.3) is 0 Å². The first-order valence-electron chi connectivity index (χ1n) is 16.0. The van der Waals surface area contributed by atoms with Crippen LogP contribution in [-0.4, -0.2) is 59.2 Å². The van der Waals surface area contributed by atoms with Gasteiger partial charge in [-0.1, -0.05) is 51.1 Å². The maximum atomic E-state index is 14.8. The van der Waals surface area contributed by atoms with Gasteiger partial charge in [0.1, 0.15) is 17.7 Å². The Morgan fingerprint density at radius 3 is 2.36 bits per heavy atom. The van der Waals surface area contributed by atoms with Gasteiger partial charge in [-0.05, 0) is 74.0 Å². The van der Waals surface area contributed by atoms with Crippen LogP contribution in [-0.2, 0) is 20.9 Å². The van der Waals surface area contributed by atoms with Crippen molar-refractivity contribution >= 4 is 17.8 Å². The molecule has 3 atom stereocenters. The smallest absolute Gasteiger partial charge is 0.326 e. The van der Waals surface area contributed by atoms with E-state index < -0.39 is 41.5 Å². The number of benzene rings is 2. The Kier molecular flexibility index (Phi) is 14.1. The summed E-state index contributed by atoms with van der Waals surface area (Å²) in [5.74, 6) is -3.08. The number of carboxylic acids is 1. The second-order valence-corrected chi connectivity index (χ2v) is 12.8. The Balaban J connectivity index is 1.65. The lowest BCUT2D eigenvalue weighted by atomic mass is 9.84. The minimum atomic E-state index is -1.12. The van der Waals surface area contributed by atoms with Gasteiger partial charge in [0.05, 0.1) is 12.1 Å². The van der Waals surface area contributed by atoms with Crippen LogP contribution < -0.4 is 27.4 Å². The number of halogens is 2. The fraction of sp³-hybridized carbons (Fsp3) is 0.457. The summed E-state index contributed by atoms with van der Waals surface area (Å²) in [6.07, 6.45) is 3.55. The first-order valence-corrected chi connectivity index (χ1v) is 16.0. The number of nitrogens with two attached hydrogens (primary N) is 2. The van der Waals surface area contributed by atoms with Crippen LogP contribution in [0.25, 0.3) is 11.1 Å². The van der Waals surface area contributed by atoms with E-state index in [2.05, 4.69) is 36.7 Å². The van der Waals surface area contributed by atoms with Gasteiger partial charge in [0.2, 0.25) is 11.8 Å². The molecule has 0 saturated heterocycles. The molecule has 3 rings (SSSR count). The lowest BCUT2D eigenvalue weighted by Crippen LogP contribution is -2.45. The van der Waals surface area contributed by atoms with Gasteiger partial charge in [-0.15, -0.1) is 0 Å². The number of hydrogen-bond acceptors (Lipinski definition) is 6. The maximum absolute atomic E-state index is 14.8. The molecule has 0 saturated carbocycles. The van der Waals surface area contributed by atoms with Crippen molar-refractivity contribution in [3.8, 4) is 11.1 Å². The van der Waals surface area contributed by atoms with E-state index in [0.717, 1.165) is 23.4 Å². The largest absolute Gasteiger partial charge is 0.480 e. The lowest BCUT2D eigenvalue weighted by Gasteiger charge is -2.33. The summed E-state index contributed by atoms with van der Waals surface area (Å²) < 4.78 is 31.0. The average molecular weight is 655 g/mol. The maximum Gasteiger partial charge on any atom is 0.326 e. The highest BCUT2D eigenvalue weighted by Crippen LogP contribution is 2.37. The van der Waals surface area contributed by atoms with E-state index in [9.17, 15) is 28.3 Å². The van der Waals surface area contributed by atoms with Crippen molar-refractivity contribution < 1.29 is 28.3 Å². The van der Waals surface area contributed by atoms with E-state index in [-0.39, 0.29) is 42.8 Å². The Morgan fingerprint density at radius 1 is 0.979 bits per heavy atom. The summed E-state index contributed by atoms with van der Waals surface area (Å²) in [5.41, 5.74) is 13.9. The second-order valence-electron chi connectivity index (χ2n) is 12.8. The van der Waals surface area contributed by atoms with Crippen molar-refractivity contribution in [3.05, 3.63) is 83.7 Å². The van der Waals surface area contributed by atoms with Gasteiger partial charge in [0.15, 0.2) is 0 Å². The highest BCUT2D eigenvalue weighted by Gasteiger charge is 2.30. The van der Waals surface area contributed by atoms with Crippen LogP contribution in [0.3, 0.4) is 0 Å². The minimum Gasteiger partial charge on any atom is -0.480 e. The van der Waals surface area contributed by atoms with Crippen molar-refractivity contribution in [3.63, 3.8) is 0 Å². The van der Waals surface area contributed by atoms with Gasteiger partial charge in [-0.25, -0.2) is 13.6 Å². The number of carbonyl (C=O) groups is 3. The summed E-state index contributed by atoms with van der Waals surface area (Å²) >= 11 is 0. The molecule has 3 aromatic rings. The number of unbranched alkanes of at least 4 members (excludes halogenated alkanes) is 1. The molecule has 0 aliphatic rings. The number of aliphatic carboxylic acids is 1. The molecule has 0 aliphatic carbocycles. The van der Waals surface area contributed by atoms with Gasteiger partial charge in [0, 0.05) is 42.5 Å². The average Bonchev–Trinajstić information content (AvgIpc) is 3.42. The Bertz CT molecular complexity index is 1470. The topological polar surface area (TPSA) is 164 Å². The van der Waals surface area contributed by atoms with Crippen molar-refractivity contribution in [2.45, 2.75) is 77.5 Å². The van der Waals surface area contributed by atoms with Gasteiger partial charge < -0.3 is 37.1 Å². The molecule has 0 radical (unpaired) electrons. The number of rotatable bonds is 18. The summed E-state index contributed by atoms with van der Waals surface area (Å²) in [7, 11) is 0. The molecule has 8 N–H and O–H groups in total. The first-order chi connectivity index (χ1) is 22.3. The third kappa shape index (κ3) is 11.6. The van der Waals surface area contributed by atoms with Crippen molar-refractivity contribution in [2.75, 3.05) is 19.6 Å². The van der Waals surface area contributed by atoms with Gasteiger partial charge >= 0.3 is 5.97 Å². The first kappa shape index (κ1) is 37.3. The van der Waals surface area contributed by atoms with Gasteiger partial charge in [-0.2, -0.15) is 0 Å². The number of carboxylic acid groups (broad SMARTS) is 1. The molecule has 1 heterocycles.